The number of aliphatic hydroxyl groups is 1. The first-order valence-electron chi connectivity index (χ1n) is 9.66. The molecule has 7 heteroatoms. The first-order chi connectivity index (χ1) is 14.1. The minimum Gasteiger partial charge on any atom is -0.493 e. The molecule has 0 heterocycles. The summed E-state index contributed by atoms with van der Waals surface area (Å²) in [5.41, 5.74) is 0.444. The molecule has 30 heavy (non-hydrogen) atoms. The Labute approximate surface area is 176 Å². The third-order valence-electron chi connectivity index (χ3n) is 4.26. The molecule has 1 N–H and O–H groups in total. The molecule has 2 rings (SSSR count). The van der Waals surface area contributed by atoms with E-state index < -0.39 is 23.5 Å². The highest BCUT2D eigenvalue weighted by atomic mass is 19.1. The molecule has 2 aromatic carbocycles. The summed E-state index contributed by atoms with van der Waals surface area (Å²) < 4.78 is 35.2. The van der Waals surface area contributed by atoms with Crippen LogP contribution in [-0.4, -0.2) is 37.5 Å². The van der Waals surface area contributed by atoms with E-state index in [9.17, 15) is 14.3 Å². The summed E-state index contributed by atoms with van der Waals surface area (Å²) in [6, 6.07) is 9.65. The van der Waals surface area contributed by atoms with Gasteiger partial charge in [0.1, 0.15) is 17.2 Å². The molecule has 2 aromatic rings. The van der Waals surface area contributed by atoms with Gasteiger partial charge in [0.05, 0.1) is 20.3 Å². The molecule has 0 bridgehead atoms. The molecule has 6 nitrogen and oxygen atoms in total. The number of hydrogen-bond donors (Lipinski definition) is 1. The number of halogens is 1. The second-order valence-corrected chi connectivity index (χ2v) is 7.80. The minimum absolute atomic E-state index is 0.228. The lowest BCUT2D eigenvalue weighted by Gasteiger charge is -2.19. The maximum atomic E-state index is 14.3. The molecule has 0 aromatic heterocycles. The third kappa shape index (κ3) is 6.91. The van der Waals surface area contributed by atoms with E-state index in [0.717, 1.165) is 0 Å². The summed E-state index contributed by atoms with van der Waals surface area (Å²) in [5.74, 6) is 0.288. The van der Waals surface area contributed by atoms with E-state index in [2.05, 4.69) is 0 Å². The van der Waals surface area contributed by atoms with Crippen LogP contribution in [0.3, 0.4) is 0 Å². The van der Waals surface area contributed by atoms with E-state index in [1.807, 2.05) is 0 Å². The van der Waals surface area contributed by atoms with Crippen LogP contribution < -0.4 is 14.2 Å². The Balaban J connectivity index is 1.99. The standard InChI is InChI=1S/C23H29FO6/c1-23(2,3)30-22(26)14-29-17-8-6-7-16(11-17)19(25)10-9-15-12-20(27-4)21(28-5)13-18(15)24/h6-8,11-13,19,25H,9-10,14H2,1-5H3. The highest BCUT2D eigenvalue weighted by molar-refractivity contribution is 5.71. The van der Waals surface area contributed by atoms with Crippen molar-refractivity contribution in [1.29, 1.82) is 0 Å². The van der Waals surface area contributed by atoms with Crippen LogP contribution in [0.15, 0.2) is 36.4 Å². The molecule has 164 valence electrons. The maximum Gasteiger partial charge on any atom is 0.344 e. The average molecular weight is 420 g/mol. The lowest BCUT2D eigenvalue weighted by Crippen LogP contribution is -2.27. The van der Waals surface area contributed by atoms with Gasteiger partial charge in [-0.05, 0) is 62.9 Å². The number of aliphatic hydroxyl groups excluding tert-OH is 1. The van der Waals surface area contributed by atoms with E-state index >= 15 is 0 Å². The molecule has 0 spiro atoms. The number of methoxy groups -OCH3 is 2. The van der Waals surface area contributed by atoms with Crippen LogP contribution in [0.2, 0.25) is 0 Å². The zero-order valence-electron chi connectivity index (χ0n) is 18.0. The minimum atomic E-state index is -0.831. The van der Waals surface area contributed by atoms with Gasteiger partial charge in [-0.3, -0.25) is 0 Å². The fraction of sp³-hybridized carbons (Fsp3) is 0.435. The summed E-state index contributed by atoms with van der Waals surface area (Å²) in [6.45, 7) is 5.11. The molecule has 0 aliphatic carbocycles. The van der Waals surface area contributed by atoms with Crippen molar-refractivity contribution in [3.63, 3.8) is 0 Å². The van der Waals surface area contributed by atoms with Gasteiger partial charge in [-0.25, -0.2) is 9.18 Å². The first-order valence-corrected chi connectivity index (χ1v) is 9.66. The van der Waals surface area contributed by atoms with Gasteiger partial charge >= 0.3 is 5.97 Å². The largest absolute Gasteiger partial charge is 0.493 e. The summed E-state index contributed by atoms with van der Waals surface area (Å²) in [5, 5.41) is 10.5. The molecule has 1 atom stereocenters. The van der Waals surface area contributed by atoms with Crippen LogP contribution in [0.5, 0.6) is 17.2 Å². The van der Waals surface area contributed by atoms with Gasteiger partial charge in [-0.15, -0.1) is 0 Å². The van der Waals surface area contributed by atoms with Crippen LogP contribution in [0.4, 0.5) is 4.39 Å². The van der Waals surface area contributed by atoms with Crippen molar-refractivity contribution in [1.82, 2.24) is 0 Å². The normalized spacial score (nSPS) is 12.2. The van der Waals surface area contributed by atoms with Crippen molar-refractivity contribution in [2.45, 2.75) is 45.3 Å². The number of carbonyl (C=O) groups is 1. The molecule has 0 radical (unpaired) electrons. The fourth-order valence-electron chi connectivity index (χ4n) is 2.87. The van der Waals surface area contributed by atoms with Crippen LogP contribution in [0, 0.1) is 5.82 Å². The predicted molar refractivity (Wildman–Crippen MR) is 111 cm³/mol. The monoisotopic (exact) mass is 420 g/mol. The van der Waals surface area contributed by atoms with Gasteiger partial charge in [0.15, 0.2) is 18.1 Å². The van der Waals surface area contributed by atoms with Crippen LogP contribution in [0.25, 0.3) is 0 Å². The number of rotatable bonds is 9. The van der Waals surface area contributed by atoms with Crippen molar-refractivity contribution in [3.05, 3.63) is 53.3 Å². The first kappa shape index (κ1) is 23.5. The second kappa shape index (κ2) is 10.3. The smallest absolute Gasteiger partial charge is 0.344 e. The predicted octanol–water partition coefficient (Wildman–Crippen LogP) is 4.23. The highest BCUT2D eigenvalue weighted by Gasteiger charge is 2.17. The Morgan fingerprint density at radius 1 is 1.10 bits per heavy atom. The highest BCUT2D eigenvalue weighted by Crippen LogP contribution is 2.31. The average Bonchev–Trinajstić information content (AvgIpc) is 2.69. The van der Waals surface area contributed by atoms with E-state index in [0.29, 0.717) is 41.2 Å². The maximum absolute atomic E-state index is 14.3. The van der Waals surface area contributed by atoms with Crippen molar-refractivity contribution in [3.8, 4) is 17.2 Å². The van der Waals surface area contributed by atoms with Crippen molar-refractivity contribution in [2.24, 2.45) is 0 Å². The zero-order chi connectivity index (χ0) is 22.3. The second-order valence-electron chi connectivity index (χ2n) is 7.80. The zero-order valence-corrected chi connectivity index (χ0v) is 18.0. The Kier molecular flexibility index (Phi) is 8.06. The van der Waals surface area contributed by atoms with E-state index in [-0.39, 0.29) is 6.61 Å². The lowest BCUT2D eigenvalue weighted by atomic mass is 10.0. The molecule has 0 saturated carbocycles. The summed E-state index contributed by atoms with van der Waals surface area (Å²) in [7, 11) is 2.93. The summed E-state index contributed by atoms with van der Waals surface area (Å²) in [6.07, 6.45) is -0.235. The number of carbonyl (C=O) groups excluding carboxylic acids is 1. The lowest BCUT2D eigenvalue weighted by molar-refractivity contribution is -0.157. The quantitative estimate of drug-likeness (QED) is 0.612. The number of ether oxygens (including phenoxy) is 4. The molecule has 1 unspecified atom stereocenters. The molecule has 0 saturated heterocycles. The fourth-order valence-corrected chi connectivity index (χ4v) is 2.87. The van der Waals surface area contributed by atoms with Crippen LogP contribution in [-0.2, 0) is 16.0 Å². The SMILES string of the molecule is COc1cc(F)c(CCC(O)c2cccc(OCC(=O)OC(C)(C)C)c2)cc1OC. The van der Waals surface area contributed by atoms with Crippen LogP contribution >= 0.6 is 0 Å². The van der Waals surface area contributed by atoms with Gasteiger partial charge < -0.3 is 24.1 Å². The van der Waals surface area contributed by atoms with E-state index in [1.54, 1.807) is 51.1 Å². The number of esters is 1. The van der Waals surface area contributed by atoms with E-state index in [4.69, 9.17) is 18.9 Å². The molecule has 0 amide bonds. The summed E-state index contributed by atoms with van der Waals surface area (Å²) >= 11 is 0. The van der Waals surface area contributed by atoms with Gasteiger partial charge in [-0.1, -0.05) is 12.1 Å². The van der Waals surface area contributed by atoms with Gasteiger partial charge in [0, 0.05) is 6.07 Å². The molecule has 0 aliphatic rings. The molecular weight excluding hydrogens is 391 g/mol. The van der Waals surface area contributed by atoms with Crippen molar-refractivity contribution >= 4 is 5.97 Å². The van der Waals surface area contributed by atoms with Crippen molar-refractivity contribution in [2.75, 3.05) is 20.8 Å². The Morgan fingerprint density at radius 3 is 2.40 bits per heavy atom. The number of hydrogen-bond acceptors (Lipinski definition) is 6. The Hall–Kier alpha value is -2.80. The topological polar surface area (TPSA) is 74.2 Å². The summed E-state index contributed by atoms with van der Waals surface area (Å²) in [4.78, 5) is 11.8. The van der Waals surface area contributed by atoms with Crippen molar-refractivity contribution < 1.29 is 33.2 Å². The Morgan fingerprint density at radius 2 is 1.77 bits per heavy atom. The van der Waals surface area contributed by atoms with Gasteiger partial charge in [-0.2, -0.15) is 0 Å². The third-order valence-corrected chi connectivity index (χ3v) is 4.26. The van der Waals surface area contributed by atoms with Crippen LogP contribution in [0.1, 0.15) is 44.4 Å². The van der Waals surface area contributed by atoms with Gasteiger partial charge in [0.25, 0.3) is 0 Å². The van der Waals surface area contributed by atoms with E-state index in [1.165, 1.54) is 20.3 Å². The number of aryl methyl sites for hydroxylation is 1. The van der Waals surface area contributed by atoms with Gasteiger partial charge in [0.2, 0.25) is 0 Å². The molecule has 0 aliphatic heterocycles. The molecular formula is C23H29FO6. The molecule has 0 fully saturated rings. The Bertz CT molecular complexity index is 859. The number of benzene rings is 2.